The van der Waals surface area contributed by atoms with Gasteiger partial charge in [-0.1, -0.05) is 6.92 Å². The Hall–Kier alpha value is -1.14. The molecule has 0 aromatic rings. The van der Waals surface area contributed by atoms with Crippen molar-refractivity contribution in [2.24, 2.45) is 5.41 Å². The van der Waals surface area contributed by atoms with Gasteiger partial charge in [0.05, 0.1) is 18.1 Å². The highest BCUT2D eigenvalue weighted by atomic mass is 16.7. The number of hydrogen-bond donors (Lipinski definition) is 0. The molecule has 2 unspecified atom stereocenters. The smallest absolute Gasteiger partial charge is 0.346 e. The minimum atomic E-state index is -0.728. The van der Waals surface area contributed by atoms with Gasteiger partial charge < -0.3 is 18.9 Å². The van der Waals surface area contributed by atoms with Crippen LogP contribution in [0.3, 0.4) is 0 Å². The van der Waals surface area contributed by atoms with E-state index in [4.69, 9.17) is 18.9 Å². The monoisotopic (exact) mass is 274 g/mol. The van der Waals surface area contributed by atoms with Gasteiger partial charge >= 0.3 is 11.9 Å². The average Bonchev–Trinajstić information content (AvgIpc) is 2.35. The van der Waals surface area contributed by atoms with E-state index in [1.807, 2.05) is 13.8 Å². The van der Waals surface area contributed by atoms with Gasteiger partial charge in [0.2, 0.25) is 6.29 Å². The summed E-state index contributed by atoms with van der Waals surface area (Å²) in [6.45, 7) is 7.51. The predicted molar refractivity (Wildman–Crippen MR) is 66.3 cm³/mol. The maximum atomic E-state index is 11.7. The maximum Gasteiger partial charge on any atom is 0.346 e. The lowest BCUT2D eigenvalue weighted by molar-refractivity contribution is -0.236. The van der Waals surface area contributed by atoms with Crippen LogP contribution in [0.2, 0.25) is 0 Å². The fourth-order valence-electron chi connectivity index (χ4n) is 1.37. The summed E-state index contributed by atoms with van der Waals surface area (Å²) in [4.78, 5) is 23.2. The Morgan fingerprint density at radius 3 is 2.58 bits per heavy atom. The van der Waals surface area contributed by atoms with Crippen LogP contribution in [0.4, 0.5) is 0 Å². The molecular weight excluding hydrogens is 252 g/mol. The van der Waals surface area contributed by atoms with Gasteiger partial charge in [-0.05, 0) is 27.2 Å². The zero-order valence-corrected chi connectivity index (χ0v) is 11.9. The second-order valence-corrected chi connectivity index (χ2v) is 5.22. The maximum absolute atomic E-state index is 11.7. The Balaban J connectivity index is 2.30. The molecule has 110 valence electrons. The number of carbonyl (C=O) groups is 2. The fraction of sp³-hybridized carbons (Fsp3) is 0.846. The lowest BCUT2D eigenvalue weighted by Crippen LogP contribution is -2.38. The lowest BCUT2D eigenvalue weighted by Gasteiger charge is -2.27. The van der Waals surface area contributed by atoms with Crippen LogP contribution in [0.1, 0.15) is 34.1 Å². The van der Waals surface area contributed by atoms with Gasteiger partial charge in [-0.25, -0.2) is 4.79 Å². The van der Waals surface area contributed by atoms with Gasteiger partial charge in [-0.15, -0.1) is 0 Å². The third-order valence-corrected chi connectivity index (χ3v) is 3.01. The third-order valence-electron chi connectivity index (χ3n) is 3.01. The van der Waals surface area contributed by atoms with Gasteiger partial charge in [-0.2, -0.15) is 0 Å². The van der Waals surface area contributed by atoms with Crippen LogP contribution in [0.25, 0.3) is 0 Å². The summed E-state index contributed by atoms with van der Waals surface area (Å²) in [5.74, 6) is -1.05. The van der Waals surface area contributed by atoms with Crippen molar-refractivity contribution in [1.29, 1.82) is 0 Å². The normalized spacial score (nSPS) is 23.8. The van der Waals surface area contributed by atoms with Gasteiger partial charge in [0, 0.05) is 0 Å². The molecule has 2 atom stereocenters. The van der Waals surface area contributed by atoms with E-state index in [0.29, 0.717) is 13.0 Å². The quantitative estimate of drug-likeness (QED) is 0.703. The first kappa shape index (κ1) is 15.9. The summed E-state index contributed by atoms with van der Waals surface area (Å²) >= 11 is 0. The molecular formula is C13H22O6. The topological polar surface area (TPSA) is 71.1 Å². The van der Waals surface area contributed by atoms with Crippen molar-refractivity contribution in [3.8, 4) is 0 Å². The van der Waals surface area contributed by atoms with Crippen LogP contribution in [-0.2, 0) is 28.5 Å². The molecule has 0 radical (unpaired) electrons. The van der Waals surface area contributed by atoms with Crippen molar-refractivity contribution in [2.75, 3.05) is 19.8 Å². The van der Waals surface area contributed by atoms with E-state index >= 15 is 0 Å². The van der Waals surface area contributed by atoms with E-state index < -0.39 is 30.3 Å². The van der Waals surface area contributed by atoms with Crippen molar-refractivity contribution >= 4 is 11.9 Å². The summed E-state index contributed by atoms with van der Waals surface area (Å²) in [5.41, 5.74) is -0.598. The molecule has 0 bridgehead atoms. The van der Waals surface area contributed by atoms with E-state index in [9.17, 15) is 9.59 Å². The molecule has 0 saturated carbocycles. The molecule has 0 amide bonds. The van der Waals surface area contributed by atoms with Crippen LogP contribution >= 0.6 is 0 Å². The van der Waals surface area contributed by atoms with Crippen molar-refractivity contribution in [3.63, 3.8) is 0 Å². The van der Waals surface area contributed by atoms with Crippen molar-refractivity contribution < 1.29 is 28.5 Å². The minimum absolute atomic E-state index is 0.117. The molecule has 0 N–H and O–H groups in total. The molecule has 0 aliphatic carbocycles. The molecule has 1 fully saturated rings. The highest BCUT2D eigenvalue weighted by Crippen LogP contribution is 2.21. The second-order valence-electron chi connectivity index (χ2n) is 5.22. The van der Waals surface area contributed by atoms with E-state index in [2.05, 4.69) is 0 Å². The number of carbonyl (C=O) groups excluding carboxylic acids is 2. The number of hydrogen-bond acceptors (Lipinski definition) is 6. The van der Waals surface area contributed by atoms with Gasteiger partial charge in [-0.3, -0.25) is 4.79 Å². The summed E-state index contributed by atoms with van der Waals surface area (Å²) in [7, 11) is 0. The van der Waals surface area contributed by atoms with Crippen molar-refractivity contribution in [3.05, 3.63) is 0 Å². The Morgan fingerprint density at radius 2 is 2.00 bits per heavy atom. The summed E-state index contributed by atoms with van der Waals surface area (Å²) < 4.78 is 20.4. The van der Waals surface area contributed by atoms with Crippen molar-refractivity contribution in [2.45, 2.75) is 46.5 Å². The molecule has 19 heavy (non-hydrogen) atoms. The zero-order valence-electron chi connectivity index (χ0n) is 11.9. The van der Waals surface area contributed by atoms with E-state index in [1.54, 1.807) is 13.8 Å². The second kappa shape index (κ2) is 6.86. The van der Waals surface area contributed by atoms with Crippen LogP contribution < -0.4 is 0 Å². The molecule has 6 heteroatoms. The predicted octanol–water partition coefficient (Wildman–Crippen LogP) is 1.27. The van der Waals surface area contributed by atoms with Gasteiger partial charge in [0.1, 0.15) is 6.61 Å². The summed E-state index contributed by atoms with van der Waals surface area (Å²) in [6, 6.07) is 0. The third kappa shape index (κ3) is 5.16. The standard InChI is InChI=1S/C13H22O6/c1-5-13(3,4)12(15)17-7-10(14)19-11-8-16-6-9(2)18-11/h9,11H,5-8H2,1-4H3. The molecule has 0 aromatic heterocycles. The SMILES string of the molecule is CCC(C)(C)C(=O)OCC(=O)OC1COCC(C)O1. The van der Waals surface area contributed by atoms with Crippen molar-refractivity contribution in [1.82, 2.24) is 0 Å². The van der Waals surface area contributed by atoms with Crippen LogP contribution in [-0.4, -0.2) is 44.2 Å². The first-order chi connectivity index (χ1) is 8.85. The van der Waals surface area contributed by atoms with E-state index in [0.717, 1.165) is 0 Å². The highest BCUT2D eigenvalue weighted by Gasteiger charge is 2.29. The molecule has 1 heterocycles. The Bertz CT molecular complexity index is 325. The molecule has 0 spiro atoms. The molecule has 1 aliphatic heterocycles. The zero-order chi connectivity index (χ0) is 14.5. The van der Waals surface area contributed by atoms with Crippen LogP contribution in [0.15, 0.2) is 0 Å². The van der Waals surface area contributed by atoms with E-state index in [-0.39, 0.29) is 12.7 Å². The average molecular weight is 274 g/mol. The largest absolute Gasteiger partial charge is 0.453 e. The molecule has 1 rings (SSSR count). The Kier molecular flexibility index (Phi) is 5.75. The van der Waals surface area contributed by atoms with Gasteiger partial charge in [0.25, 0.3) is 0 Å². The molecule has 1 aliphatic rings. The number of ether oxygens (including phenoxy) is 4. The Labute approximate surface area is 113 Å². The van der Waals surface area contributed by atoms with Gasteiger partial charge in [0.15, 0.2) is 6.61 Å². The number of rotatable bonds is 5. The molecule has 0 aromatic carbocycles. The molecule has 6 nitrogen and oxygen atoms in total. The Morgan fingerprint density at radius 1 is 1.32 bits per heavy atom. The first-order valence-electron chi connectivity index (χ1n) is 6.45. The fourth-order valence-corrected chi connectivity index (χ4v) is 1.37. The van der Waals surface area contributed by atoms with E-state index in [1.165, 1.54) is 0 Å². The first-order valence-corrected chi connectivity index (χ1v) is 6.45. The highest BCUT2D eigenvalue weighted by molar-refractivity contribution is 5.79. The lowest BCUT2D eigenvalue weighted by atomic mass is 9.91. The molecule has 1 saturated heterocycles. The summed E-state index contributed by atoms with van der Waals surface area (Å²) in [5, 5.41) is 0. The van der Waals surface area contributed by atoms with Crippen LogP contribution in [0.5, 0.6) is 0 Å². The summed E-state index contributed by atoms with van der Waals surface area (Å²) in [6.07, 6.45) is -0.208. The van der Waals surface area contributed by atoms with Crippen LogP contribution in [0, 0.1) is 5.41 Å². The number of esters is 2. The minimum Gasteiger partial charge on any atom is -0.453 e.